The predicted molar refractivity (Wildman–Crippen MR) is 139 cm³/mol. The smallest absolute Gasteiger partial charge is 0.481 e. The number of benzene rings is 2. The molecular weight excluding hydrogens is 694 g/mol. The molecule has 3 aromatic heterocycles. The SMILES string of the molecule is CN(C)C(=O)c1cnc(NCc2cnn(C)c2)nc1Nc1[c-]c(-c2nc3ccccc3o2)ccc1.[CH3-].[U+2]. The third-order valence-corrected chi connectivity index (χ3v) is 5.21. The molecule has 1 amide bonds. The van der Waals surface area contributed by atoms with Crippen LogP contribution in [0.15, 0.2) is 65.5 Å². The Morgan fingerprint density at radius 2 is 1.92 bits per heavy atom. The van der Waals surface area contributed by atoms with Crippen LogP contribution < -0.4 is 10.6 Å². The van der Waals surface area contributed by atoms with Crippen LogP contribution in [0.1, 0.15) is 15.9 Å². The molecule has 0 aliphatic carbocycles. The zero-order valence-electron chi connectivity index (χ0n) is 21.0. The summed E-state index contributed by atoms with van der Waals surface area (Å²) < 4.78 is 7.60. The molecule has 0 spiro atoms. The van der Waals surface area contributed by atoms with Crippen LogP contribution in [0.2, 0.25) is 0 Å². The first-order chi connectivity index (χ1) is 17.0. The van der Waals surface area contributed by atoms with E-state index < -0.39 is 0 Å². The average Bonchev–Trinajstić information content (AvgIpc) is 3.48. The second-order valence-corrected chi connectivity index (χ2v) is 8.12. The van der Waals surface area contributed by atoms with E-state index in [2.05, 4.69) is 36.8 Å². The fraction of sp³-hybridized carbons (Fsp3) is 0.154. The van der Waals surface area contributed by atoms with Crippen LogP contribution in [0.3, 0.4) is 0 Å². The first-order valence-electron chi connectivity index (χ1n) is 10.9. The summed E-state index contributed by atoms with van der Waals surface area (Å²) in [5, 5.41) is 10.5. The van der Waals surface area contributed by atoms with Gasteiger partial charge in [-0.3, -0.25) is 14.5 Å². The van der Waals surface area contributed by atoms with Crippen LogP contribution >= 0.6 is 0 Å². The van der Waals surface area contributed by atoms with Crippen LogP contribution in [-0.4, -0.2) is 49.6 Å². The molecule has 0 unspecified atom stereocenters. The summed E-state index contributed by atoms with van der Waals surface area (Å²) in [6.07, 6.45) is 5.18. The Morgan fingerprint density at radius 1 is 1.11 bits per heavy atom. The van der Waals surface area contributed by atoms with E-state index in [1.54, 1.807) is 25.0 Å². The molecule has 5 rings (SSSR count). The van der Waals surface area contributed by atoms with Gasteiger partial charge in [0, 0.05) is 45.6 Å². The van der Waals surface area contributed by atoms with Crippen molar-refractivity contribution >= 4 is 34.5 Å². The van der Waals surface area contributed by atoms with E-state index in [-0.39, 0.29) is 44.4 Å². The number of aromatic nitrogens is 5. The Balaban J connectivity index is 0.00000190. The maximum absolute atomic E-state index is 12.8. The number of fused-ring (bicyclic) bond motifs is 1. The molecule has 0 atom stereocenters. The molecule has 186 valence electrons. The Labute approximate surface area is 238 Å². The largest absolute Gasteiger partial charge is 2.00 e. The van der Waals surface area contributed by atoms with Crippen molar-refractivity contribution in [2.75, 3.05) is 24.7 Å². The van der Waals surface area contributed by atoms with E-state index >= 15 is 0 Å². The van der Waals surface area contributed by atoms with Gasteiger partial charge in [0.05, 0.1) is 11.7 Å². The van der Waals surface area contributed by atoms with Crippen molar-refractivity contribution in [1.29, 1.82) is 0 Å². The molecule has 5 aromatic rings. The van der Waals surface area contributed by atoms with Crippen molar-refractivity contribution in [3.63, 3.8) is 0 Å². The van der Waals surface area contributed by atoms with Gasteiger partial charge in [0.1, 0.15) is 22.9 Å². The number of para-hydroxylation sites is 2. The number of carbonyl (C=O) groups excluding carboxylic acids is 1. The predicted octanol–water partition coefficient (Wildman–Crippen LogP) is 4.33. The van der Waals surface area contributed by atoms with Crippen molar-refractivity contribution in [3.8, 4) is 11.5 Å². The van der Waals surface area contributed by atoms with E-state index in [1.165, 1.54) is 11.1 Å². The van der Waals surface area contributed by atoms with Crippen LogP contribution in [-0.2, 0) is 13.6 Å². The summed E-state index contributed by atoms with van der Waals surface area (Å²) in [6, 6.07) is 16.4. The van der Waals surface area contributed by atoms with Crippen molar-refractivity contribution in [2.45, 2.75) is 6.54 Å². The number of nitrogens with zero attached hydrogens (tertiary/aromatic N) is 6. The minimum atomic E-state index is -0.221. The van der Waals surface area contributed by atoms with Gasteiger partial charge in [-0.25, -0.2) is 4.98 Å². The second kappa shape index (κ2) is 12.0. The molecule has 2 N–H and O–H groups in total. The molecular formula is C26H26N8O2U. The first-order valence-corrected chi connectivity index (χ1v) is 10.9. The van der Waals surface area contributed by atoms with Gasteiger partial charge in [0.15, 0.2) is 0 Å². The molecule has 2 aromatic carbocycles. The Bertz CT molecular complexity index is 1480. The first kappa shape index (κ1) is 27.9. The summed E-state index contributed by atoms with van der Waals surface area (Å²) in [7, 11) is 5.22. The number of carbonyl (C=O) groups is 1. The number of hydrogen-bond acceptors (Lipinski definition) is 8. The van der Waals surface area contributed by atoms with Gasteiger partial charge in [-0.05, 0) is 17.8 Å². The number of anilines is 3. The monoisotopic (exact) mass is 720 g/mol. The number of hydrogen-bond donors (Lipinski definition) is 2. The molecule has 0 aliphatic heterocycles. The minimum Gasteiger partial charge on any atom is -0.481 e. The number of aryl methyl sites for hydroxylation is 1. The van der Waals surface area contributed by atoms with Crippen molar-refractivity contribution < 1.29 is 40.3 Å². The van der Waals surface area contributed by atoms with Crippen molar-refractivity contribution in [2.24, 2.45) is 7.05 Å². The zero-order chi connectivity index (χ0) is 24.4. The van der Waals surface area contributed by atoms with Crippen molar-refractivity contribution in [3.05, 3.63) is 85.7 Å². The van der Waals surface area contributed by atoms with Gasteiger partial charge in [0.25, 0.3) is 5.91 Å². The van der Waals surface area contributed by atoms with E-state index in [0.29, 0.717) is 46.6 Å². The number of rotatable bonds is 7. The molecule has 0 aliphatic rings. The zero-order valence-corrected chi connectivity index (χ0v) is 25.1. The van der Waals surface area contributed by atoms with Gasteiger partial charge >= 0.3 is 31.1 Å². The molecule has 0 saturated carbocycles. The molecule has 0 bridgehead atoms. The number of oxazole rings is 1. The number of amides is 1. The summed E-state index contributed by atoms with van der Waals surface area (Å²) in [5.41, 5.74) is 4.08. The van der Waals surface area contributed by atoms with E-state index in [4.69, 9.17) is 4.42 Å². The fourth-order valence-electron chi connectivity index (χ4n) is 3.49. The van der Waals surface area contributed by atoms with Gasteiger partial charge in [0.2, 0.25) is 5.95 Å². The van der Waals surface area contributed by atoms with Gasteiger partial charge in [-0.1, -0.05) is 17.7 Å². The van der Waals surface area contributed by atoms with Crippen LogP contribution in [0.4, 0.5) is 17.5 Å². The Hall–Kier alpha value is -3.68. The summed E-state index contributed by atoms with van der Waals surface area (Å²) in [4.78, 5) is 27.7. The fourth-order valence-corrected chi connectivity index (χ4v) is 3.49. The third-order valence-electron chi connectivity index (χ3n) is 5.21. The summed E-state index contributed by atoms with van der Waals surface area (Å²) in [6.45, 7) is 0.494. The third kappa shape index (κ3) is 6.37. The van der Waals surface area contributed by atoms with E-state index in [0.717, 1.165) is 11.1 Å². The molecule has 11 heteroatoms. The molecule has 10 nitrogen and oxygen atoms in total. The molecule has 3 heterocycles. The van der Waals surface area contributed by atoms with Crippen LogP contribution in [0.25, 0.3) is 22.6 Å². The maximum Gasteiger partial charge on any atom is 2.00 e. The topological polar surface area (TPSA) is 114 Å². The molecule has 37 heavy (non-hydrogen) atoms. The van der Waals surface area contributed by atoms with E-state index in [9.17, 15) is 4.79 Å². The van der Waals surface area contributed by atoms with Crippen LogP contribution in [0.5, 0.6) is 0 Å². The minimum absolute atomic E-state index is 0. The number of nitrogens with one attached hydrogen (secondary N) is 2. The van der Waals surface area contributed by atoms with E-state index in [1.807, 2.05) is 55.7 Å². The van der Waals surface area contributed by atoms with Crippen molar-refractivity contribution in [1.82, 2.24) is 29.6 Å². The Kier molecular flexibility index (Phi) is 9.08. The molecule has 0 saturated heterocycles. The molecule has 0 fully saturated rings. The quantitative estimate of drug-likeness (QED) is 0.239. The molecule has 0 radical (unpaired) electrons. The standard InChI is InChI=1S/C25H23N8O2.CH3.U/c1-32(2)24(34)19-14-27-25(26-12-16-13-28-33(3)15-16)31-22(19)29-18-8-6-7-17(11-18)23-30-20-9-4-5-10-21(20)35-23;;/h4-10,13-15H,12H2,1-3H3,(H2,26,27,29,31);1H3;/q2*-1;+2. The van der Waals surface area contributed by atoms with Crippen LogP contribution in [0, 0.1) is 44.6 Å². The summed E-state index contributed by atoms with van der Waals surface area (Å²) >= 11 is 0. The normalized spacial score (nSPS) is 10.4. The maximum atomic E-state index is 12.8. The van der Waals surface area contributed by atoms with Gasteiger partial charge in [-0.15, -0.1) is 24.3 Å². The summed E-state index contributed by atoms with van der Waals surface area (Å²) in [5.74, 6) is 0.975. The Morgan fingerprint density at radius 3 is 2.65 bits per heavy atom. The second-order valence-electron chi connectivity index (χ2n) is 8.12. The van der Waals surface area contributed by atoms with Gasteiger partial charge < -0.3 is 27.4 Å². The average molecular weight is 721 g/mol. The van der Waals surface area contributed by atoms with Gasteiger partial charge in [-0.2, -0.15) is 10.1 Å².